The molecule has 1 fully saturated rings. The van der Waals surface area contributed by atoms with Gasteiger partial charge >= 0.3 is 5.97 Å². The first kappa shape index (κ1) is 12.1. The number of nitrogens with zero attached hydrogens (tertiary/aromatic N) is 4. The summed E-state index contributed by atoms with van der Waals surface area (Å²) >= 11 is 0. The highest BCUT2D eigenvalue weighted by molar-refractivity contribution is 5.88. The molecule has 6 heteroatoms. The minimum absolute atomic E-state index is 0.244. The number of likely N-dealkylation sites (tertiary alicyclic amines) is 1. The van der Waals surface area contributed by atoms with E-state index in [9.17, 15) is 4.79 Å². The van der Waals surface area contributed by atoms with Gasteiger partial charge in [-0.05, 0) is 31.6 Å². The second-order valence-electron chi connectivity index (χ2n) is 4.89. The summed E-state index contributed by atoms with van der Waals surface area (Å²) < 4.78 is 1.90. The zero-order chi connectivity index (χ0) is 13.4. The second-order valence-corrected chi connectivity index (χ2v) is 4.89. The molecule has 0 aliphatic carbocycles. The van der Waals surface area contributed by atoms with Crippen LogP contribution in [0.3, 0.4) is 0 Å². The molecule has 0 aromatic carbocycles. The third-order valence-electron chi connectivity index (χ3n) is 3.77. The van der Waals surface area contributed by atoms with Crippen LogP contribution in [0.15, 0.2) is 18.3 Å². The monoisotopic (exact) mass is 260 g/mol. The maximum absolute atomic E-state index is 10.9. The molecular formula is C13H16N4O2. The summed E-state index contributed by atoms with van der Waals surface area (Å²) in [6, 6.07) is 3.15. The number of pyridine rings is 1. The standard InChI is InChI=1S/C13H16N4O2/c1-2-16-5-3-10(8-16)12-15-14-11-7-9(13(18)19)4-6-17(11)12/h4,6-7,10H,2-3,5,8H2,1H3,(H,18,19). The van der Waals surface area contributed by atoms with E-state index in [1.54, 1.807) is 18.3 Å². The number of aromatic nitrogens is 3. The van der Waals surface area contributed by atoms with Crippen molar-refractivity contribution in [1.29, 1.82) is 0 Å². The normalized spacial score (nSPS) is 20.2. The summed E-state index contributed by atoms with van der Waals surface area (Å²) in [6.07, 6.45) is 2.83. The Morgan fingerprint density at radius 1 is 1.53 bits per heavy atom. The smallest absolute Gasteiger partial charge is 0.335 e. The summed E-state index contributed by atoms with van der Waals surface area (Å²) in [5.41, 5.74) is 0.845. The van der Waals surface area contributed by atoms with Crippen LogP contribution in [-0.2, 0) is 0 Å². The largest absolute Gasteiger partial charge is 0.478 e. The molecule has 1 N–H and O–H groups in total. The highest BCUT2D eigenvalue weighted by Gasteiger charge is 2.26. The summed E-state index contributed by atoms with van der Waals surface area (Å²) in [7, 11) is 0. The number of rotatable bonds is 3. The van der Waals surface area contributed by atoms with E-state index < -0.39 is 5.97 Å². The molecule has 1 unspecified atom stereocenters. The Labute approximate surface area is 110 Å². The lowest BCUT2D eigenvalue weighted by molar-refractivity contribution is 0.0697. The first-order valence-electron chi connectivity index (χ1n) is 6.49. The molecule has 0 amide bonds. The predicted molar refractivity (Wildman–Crippen MR) is 69.4 cm³/mol. The molecule has 2 aromatic heterocycles. The van der Waals surface area contributed by atoms with E-state index in [1.807, 2.05) is 4.40 Å². The lowest BCUT2D eigenvalue weighted by Gasteiger charge is -2.11. The number of fused-ring (bicyclic) bond motifs is 1. The van der Waals surface area contributed by atoms with Crippen molar-refractivity contribution < 1.29 is 9.90 Å². The Balaban J connectivity index is 1.95. The van der Waals surface area contributed by atoms with Gasteiger partial charge in [0, 0.05) is 18.7 Å². The minimum atomic E-state index is -0.940. The SMILES string of the molecule is CCN1CCC(c2nnc3cc(C(=O)O)ccn23)C1. The zero-order valence-corrected chi connectivity index (χ0v) is 10.8. The van der Waals surface area contributed by atoms with Crippen LogP contribution in [0.4, 0.5) is 0 Å². The average Bonchev–Trinajstić information content (AvgIpc) is 3.03. The number of carboxylic acid groups (broad SMARTS) is 1. The van der Waals surface area contributed by atoms with Crippen LogP contribution in [0.2, 0.25) is 0 Å². The van der Waals surface area contributed by atoms with Gasteiger partial charge < -0.3 is 10.0 Å². The summed E-state index contributed by atoms with van der Waals surface area (Å²) in [5.74, 6) is 0.374. The zero-order valence-electron chi connectivity index (χ0n) is 10.8. The number of aromatic carboxylic acids is 1. The molecule has 3 rings (SSSR count). The maximum Gasteiger partial charge on any atom is 0.335 e. The van der Waals surface area contributed by atoms with Gasteiger partial charge in [-0.3, -0.25) is 4.40 Å². The van der Waals surface area contributed by atoms with Crippen molar-refractivity contribution in [3.63, 3.8) is 0 Å². The van der Waals surface area contributed by atoms with Crippen LogP contribution in [0, 0.1) is 0 Å². The van der Waals surface area contributed by atoms with E-state index in [-0.39, 0.29) is 5.56 Å². The van der Waals surface area contributed by atoms with Crippen molar-refractivity contribution in [2.75, 3.05) is 19.6 Å². The Morgan fingerprint density at radius 2 is 2.37 bits per heavy atom. The molecule has 1 aliphatic rings. The van der Waals surface area contributed by atoms with Gasteiger partial charge in [-0.15, -0.1) is 10.2 Å². The van der Waals surface area contributed by atoms with E-state index >= 15 is 0 Å². The highest BCUT2D eigenvalue weighted by atomic mass is 16.4. The van der Waals surface area contributed by atoms with Crippen LogP contribution in [0.5, 0.6) is 0 Å². The van der Waals surface area contributed by atoms with Crippen LogP contribution < -0.4 is 0 Å². The second kappa shape index (κ2) is 4.62. The number of carboxylic acids is 1. The van der Waals surface area contributed by atoms with Crippen molar-refractivity contribution in [1.82, 2.24) is 19.5 Å². The first-order chi connectivity index (χ1) is 9.19. The first-order valence-corrected chi connectivity index (χ1v) is 6.49. The van der Waals surface area contributed by atoms with Crippen molar-refractivity contribution in [3.8, 4) is 0 Å². The molecule has 0 spiro atoms. The van der Waals surface area contributed by atoms with Crippen molar-refractivity contribution in [2.45, 2.75) is 19.3 Å². The Hall–Kier alpha value is -1.95. The summed E-state index contributed by atoms with van der Waals surface area (Å²) in [4.78, 5) is 13.3. The van der Waals surface area contributed by atoms with Crippen LogP contribution >= 0.6 is 0 Å². The lowest BCUT2D eigenvalue weighted by atomic mass is 10.1. The number of hydrogen-bond acceptors (Lipinski definition) is 4. The minimum Gasteiger partial charge on any atom is -0.478 e. The lowest BCUT2D eigenvalue weighted by Crippen LogP contribution is -2.19. The van der Waals surface area contributed by atoms with E-state index in [0.717, 1.165) is 31.9 Å². The third-order valence-corrected chi connectivity index (χ3v) is 3.77. The molecular weight excluding hydrogens is 244 g/mol. The van der Waals surface area contributed by atoms with Gasteiger partial charge in [0.25, 0.3) is 0 Å². The number of carbonyl (C=O) groups is 1. The molecule has 1 saturated heterocycles. The maximum atomic E-state index is 10.9. The fourth-order valence-corrected chi connectivity index (χ4v) is 2.65. The Kier molecular flexibility index (Phi) is 2.94. The van der Waals surface area contributed by atoms with Crippen molar-refractivity contribution in [3.05, 3.63) is 29.7 Å². The van der Waals surface area contributed by atoms with Gasteiger partial charge in [0.1, 0.15) is 5.82 Å². The van der Waals surface area contributed by atoms with Gasteiger partial charge in [-0.1, -0.05) is 6.92 Å². The summed E-state index contributed by atoms with van der Waals surface area (Å²) in [6.45, 7) is 5.29. The van der Waals surface area contributed by atoms with E-state index in [0.29, 0.717) is 11.6 Å². The fourth-order valence-electron chi connectivity index (χ4n) is 2.65. The van der Waals surface area contributed by atoms with Gasteiger partial charge in [0.15, 0.2) is 5.65 Å². The fraction of sp³-hybridized carbons (Fsp3) is 0.462. The molecule has 0 radical (unpaired) electrons. The molecule has 3 heterocycles. The Morgan fingerprint density at radius 3 is 3.05 bits per heavy atom. The average molecular weight is 260 g/mol. The van der Waals surface area contributed by atoms with Crippen molar-refractivity contribution in [2.24, 2.45) is 0 Å². The molecule has 19 heavy (non-hydrogen) atoms. The topological polar surface area (TPSA) is 70.7 Å². The summed E-state index contributed by atoms with van der Waals surface area (Å²) in [5, 5.41) is 17.3. The van der Waals surface area contributed by atoms with Gasteiger partial charge in [0.05, 0.1) is 5.56 Å². The molecule has 1 atom stereocenters. The van der Waals surface area contributed by atoms with Gasteiger partial charge in [-0.25, -0.2) is 4.79 Å². The number of hydrogen-bond donors (Lipinski definition) is 1. The van der Waals surface area contributed by atoms with Gasteiger partial charge in [-0.2, -0.15) is 0 Å². The quantitative estimate of drug-likeness (QED) is 0.899. The molecule has 6 nitrogen and oxygen atoms in total. The Bertz CT molecular complexity index is 622. The molecule has 2 aromatic rings. The van der Waals surface area contributed by atoms with Crippen LogP contribution in [-0.4, -0.2) is 50.2 Å². The van der Waals surface area contributed by atoms with E-state index in [1.165, 1.54) is 0 Å². The van der Waals surface area contributed by atoms with Crippen molar-refractivity contribution >= 4 is 11.6 Å². The van der Waals surface area contributed by atoms with E-state index in [4.69, 9.17) is 5.11 Å². The molecule has 1 aliphatic heterocycles. The van der Waals surface area contributed by atoms with Crippen LogP contribution in [0.25, 0.3) is 5.65 Å². The van der Waals surface area contributed by atoms with Gasteiger partial charge in [0.2, 0.25) is 0 Å². The third kappa shape index (κ3) is 2.08. The predicted octanol–water partition coefficient (Wildman–Crippen LogP) is 1.24. The molecule has 100 valence electrons. The number of likely N-dealkylation sites (N-methyl/N-ethyl adjacent to an activating group) is 1. The molecule has 0 saturated carbocycles. The van der Waals surface area contributed by atoms with E-state index in [2.05, 4.69) is 22.0 Å². The van der Waals surface area contributed by atoms with Crippen LogP contribution in [0.1, 0.15) is 35.4 Å². The molecule has 0 bridgehead atoms. The highest BCUT2D eigenvalue weighted by Crippen LogP contribution is 2.26.